The zero-order valence-electron chi connectivity index (χ0n) is 8.48. The molecule has 0 aliphatic carbocycles. The van der Waals surface area contributed by atoms with E-state index in [1.807, 2.05) is 0 Å². The summed E-state index contributed by atoms with van der Waals surface area (Å²) in [4.78, 5) is 10.2. The predicted molar refractivity (Wildman–Crippen MR) is 45.1 cm³/mol. The van der Waals surface area contributed by atoms with E-state index in [1.165, 1.54) is 0 Å². The Bertz CT molecular complexity index is 262. The van der Waals surface area contributed by atoms with Crippen LogP contribution in [0.5, 0.6) is 0 Å². The minimum atomic E-state index is -4.87. The Kier molecular flexibility index (Phi) is 5.24. The summed E-state index contributed by atoms with van der Waals surface area (Å²) >= 11 is 0. The largest absolute Gasteiger partial charge is 0.481 e. The summed E-state index contributed by atoms with van der Waals surface area (Å²) in [5, 5.41) is 8.23. The third-order valence-electron chi connectivity index (χ3n) is 1.96. The number of rotatable bonds is 5. The molecule has 0 radical (unpaired) electrons. The number of nitrogens with two attached hydrogens (primary N) is 1. The number of carboxylic acid groups (broad SMARTS) is 1. The van der Waals surface area contributed by atoms with E-state index < -0.39 is 49.5 Å². The smallest absolute Gasteiger partial charge is 0.392 e. The lowest BCUT2D eigenvalue weighted by Crippen LogP contribution is -2.35. The maximum absolute atomic E-state index is 12.3. The maximum Gasteiger partial charge on any atom is 0.392 e. The summed E-state index contributed by atoms with van der Waals surface area (Å²) in [6, 6.07) is -1.76. The van der Waals surface area contributed by atoms with Gasteiger partial charge < -0.3 is 10.8 Å². The molecule has 0 saturated heterocycles. The van der Waals surface area contributed by atoms with Crippen molar-refractivity contribution in [2.75, 3.05) is 0 Å². The number of alkyl halides is 6. The lowest BCUT2D eigenvalue weighted by molar-refractivity contribution is -0.188. The summed E-state index contributed by atoms with van der Waals surface area (Å²) < 4.78 is 72.3. The fraction of sp³-hybridized carbons (Fsp3) is 0.875. The van der Waals surface area contributed by atoms with Crippen LogP contribution in [0.25, 0.3) is 0 Å². The van der Waals surface area contributed by atoms with Crippen molar-refractivity contribution in [2.24, 2.45) is 11.7 Å². The molecule has 3 nitrogen and oxygen atoms in total. The highest BCUT2D eigenvalue weighted by molar-refractivity contribution is 5.67. The van der Waals surface area contributed by atoms with Crippen molar-refractivity contribution < 1.29 is 36.2 Å². The van der Waals surface area contributed by atoms with Gasteiger partial charge in [0.05, 0.1) is 18.8 Å². The van der Waals surface area contributed by atoms with Crippen LogP contribution >= 0.6 is 0 Å². The highest BCUT2D eigenvalue weighted by Crippen LogP contribution is 2.34. The molecule has 0 heterocycles. The summed E-state index contributed by atoms with van der Waals surface area (Å²) in [5.41, 5.74) is 4.92. The molecule has 0 aromatic carbocycles. The van der Waals surface area contributed by atoms with E-state index in [0.717, 1.165) is 0 Å². The zero-order valence-corrected chi connectivity index (χ0v) is 8.48. The van der Waals surface area contributed by atoms with E-state index in [4.69, 9.17) is 10.8 Å². The van der Waals surface area contributed by atoms with Gasteiger partial charge in [0, 0.05) is 6.04 Å². The molecule has 0 spiro atoms. The first-order chi connectivity index (χ1) is 7.42. The maximum atomic E-state index is 12.3. The lowest BCUT2D eigenvalue weighted by atomic mass is 9.94. The molecule has 0 aromatic heterocycles. The molecular weight excluding hydrogens is 256 g/mol. The molecule has 3 N–H and O–H groups in total. The summed E-state index contributed by atoms with van der Waals surface area (Å²) in [6.45, 7) is 0. The van der Waals surface area contributed by atoms with Gasteiger partial charge in [-0.1, -0.05) is 0 Å². The Hall–Kier alpha value is -0.990. The molecule has 17 heavy (non-hydrogen) atoms. The average Bonchev–Trinajstić information content (AvgIpc) is 1.95. The van der Waals surface area contributed by atoms with Gasteiger partial charge >= 0.3 is 18.3 Å². The van der Waals surface area contributed by atoms with Crippen molar-refractivity contribution in [2.45, 2.75) is 37.7 Å². The first kappa shape index (κ1) is 16.0. The standard InChI is InChI=1S/C8H11F6NO2/c9-7(10,11)3-5(15)1-4(2-6(16)17)8(12,13)14/h4-5H,1-3,15H2,(H,16,17)/t4-,5-/m0/s1. The number of carbonyl (C=O) groups is 1. The van der Waals surface area contributed by atoms with E-state index in [2.05, 4.69) is 0 Å². The van der Waals surface area contributed by atoms with Crippen LogP contribution in [-0.4, -0.2) is 29.5 Å². The summed E-state index contributed by atoms with van der Waals surface area (Å²) in [5.74, 6) is -4.09. The fourth-order valence-corrected chi connectivity index (χ4v) is 1.29. The normalized spacial score (nSPS) is 16.6. The third-order valence-corrected chi connectivity index (χ3v) is 1.96. The number of aliphatic carboxylic acids is 1. The van der Waals surface area contributed by atoms with Gasteiger partial charge in [0.15, 0.2) is 0 Å². The van der Waals surface area contributed by atoms with Crippen molar-refractivity contribution in [3.63, 3.8) is 0 Å². The second-order valence-corrected chi connectivity index (χ2v) is 3.65. The van der Waals surface area contributed by atoms with E-state index in [9.17, 15) is 31.1 Å². The zero-order chi connectivity index (χ0) is 13.9. The summed E-state index contributed by atoms with van der Waals surface area (Å²) in [7, 11) is 0. The Labute approximate surface area is 92.6 Å². The van der Waals surface area contributed by atoms with Gasteiger partial charge in [-0.25, -0.2) is 0 Å². The van der Waals surface area contributed by atoms with E-state index in [-0.39, 0.29) is 0 Å². The van der Waals surface area contributed by atoms with Crippen LogP contribution in [0.3, 0.4) is 0 Å². The van der Waals surface area contributed by atoms with Gasteiger partial charge in [0.2, 0.25) is 0 Å². The molecule has 0 bridgehead atoms. The fourth-order valence-electron chi connectivity index (χ4n) is 1.29. The summed E-state index contributed by atoms with van der Waals surface area (Å²) in [6.07, 6.45) is -13.5. The van der Waals surface area contributed by atoms with Crippen LogP contribution in [0, 0.1) is 5.92 Å². The molecule has 0 amide bonds. The van der Waals surface area contributed by atoms with Gasteiger partial charge in [0.25, 0.3) is 0 Å². The SMILES string of the molecule is N[C@@H](C[C@@H](CC(=O)O)C(F)(F)F)CC(F)(F)F. The molecule has 102 valence electrons. The van der Waals surface area contributed by atoms with E-state index >= 15 is 0 Å². The number of halogens is 6. The van der Waals surface area contributed by atoms with Gasteiger partial charge in [-0.15, -0.1) is 0 Å². The first-order valence-electron chi connectivity index (χ1n) is 4.52. The molecule has 0 unspecified atom stereocenters. The van der Waals surface area contributed by atoms with Crippen LogP contribution in [0.1, 0.15) is 19.3 Å². The minimum Gasteiger partial charge on any atom is -0.481 e. The van der Waals surface area contributed by atoms with Gasteiger partial charge in [0.1, 0.15) is 0 Å². The minimum absolute atomic E-state index is 1.06. The second-order valence-electron chi connectivity index (χ2n) is 3.65. The van der Waals surface area contributed by atoms with Crippen molar-refractivity contribution in [1.82, 2.24) is 0 Å². The lowest BCUT2D eigenvalue weighted by Gasteiger charge is -2.22. The molecule has 0 aromatic rings. The Balaban J connectivity index is 4.49. The quantitative estimate of drug-likeness (QED) is 0.751. The highest BCUT2D eigenvalue weighted by atomic mass is 19.4. The van der Waals surface area contributed by atoms with Crippen LogP contribution in [0.4, 0.5) is 26.3 Å². The molecule has 0 aliphatic rings. The molecule has 9 heteroatoms. The van der Waals surface area contributed by atoms with Crippen LogP contribution in [0.15, 0.2) is 0 Å². The molecule has 0 saturated carbocycles. The third kappa shape index (κ3) is 7.83. The van der Waals surface area contributed by atoms with Crippen molar-refractivity contribution >= 4 is 5.97 Å². The predicted octanol–water partition coefficient (Wildman–Crippen LogP) is 2.31. The molecule has 0 rings (SSSR count). The molecule has 0 fully saturated rings. The van der Waals surface area contributed by atoms with Crippen molar-refractivity contribution in [1.29, 1.82) is 0 Å². The monoisotopic (exact) mass is 267 g/mol. The molecule has 2 atom stereocenters. The van der Waals surface area contributed by atoms with Crippen LogP contribution in [-0.2, 0) is 4.79 Å². The highest BCUT2D eigenvalue weighted by Gasteiger charge is 2.43. The number of hydrogen-bond donors (Lipinski definition) is 2. The first-order valence-corrected chi connectivity index (χ1v) is 4.52. The van der Waals surface area contributed by atoms with E-state index in [1.54, 1.807) is 0 Å². The van der Waals surface area contributed by atoms with Crippen molar-refractivity contribution in [3.05, 3.63) is 0 Å². The topological polar surface area (TPSA) is 63.3 Å². The van der Waals surface area contributed by atoms with Crippen molar-refractivity contribution in [3.8, 4) is 0 Å². The number of hydrogen-bond acceptors (Lipinski definition) is 2. The van der Waals surface area contributed by atoms with Gasteiger partial charge in [-0.2, -0.15) is 26.3 Å². The van der Waals surface area contributed by atoms with Gasteiger partial charge in [-0.05, 0) is 6.42 Å². The second kappa shape index (κ2) is 5.56. The average molecular weight is 267 g/mol. The molecular formula is C8H11F6NO2. The van der Waals surface area contributed by atoms with Crippen LogP contribution in [0.2, 0.25) is 0 Å². The van der Waals surface area contributed by atoms with Crippen LogP contribution < -0.4 is 5.73 Å². The Morgan fingerprint density at radius 2 is 1.65 bits per heavy atom. The molecule has 0 aliphatic heterocycles. The Morgan fingerprint density at radius 1 is 1.18 bits per heavy atom. The van der Waals surface area contributed by atoms with Gasteiger partial charge in [-0.3, -0.25) is 4.79 Å². The Morgan fingerprint density at radius 3 is 1.94 bits per heavy atom. The number of carboxylic acids is 1. The van der Waals surface area contributed by atoms with E-state index in [0.29, 0.717) is 0 Å².